The zero-order valence-corrected chi connectivity index (χ0v) is 14.5. The van der Waals surface area contributed by atoms with Crippen LogP contribution >= 0.6 is 11.3 Å². The van der Waals surface area contributed by atoms with E-state index in [1.54, 1.807) is 42.1 Å². The van der Waals surface area contributed by atoms with Gasteiger partial charge in [-0.25, -0.2) is 9.07 Å². The maximum absolute atomic E-state index is 13.8. The first-order valence-corrected chi connectivity index (χ1v) is 8.44. The highest BCUT2D eigenvalue weighted by Crippen LogP contribution is 2.24. The topological polar surface area (TPSA) is 38.9 Å². The van der Waals surface area contributed by atoms with Gasteiger partial charge in [0.05, 0.1) is 11.9 Å². The molecule has 0 aliphatic carbocycles. The summed E-state index contributed by atoms with van der Waals surface area (Å²) in [7, 11) is 1.63. The van der Waals surface area contributed by atoms with Gasteiger partial charge in [-0.15, -0.1) is 11.3 Å². The van der Waals surface area contributed by atoms with Crippen molar-refractivity contribution in [2.75, 3.05) is 7.05 Å². The van der Waals surface area contributed by atoms with Gasteiger partial charge in [-0.3, -0.25) is 4.99 Å². The van der Waals surface area contributed by atoms with Gasteiger partial charge in [-0.05, 0) is 30.3 Å². The van der Waals surface area contributed by atoms with Crippen LogP contribution in [0.2, 0.25) is 0 Å². The fraction of sp³-hybridized carbons (Fsp3) is 0.111. The Hall–Kier alpha value is -2.87. The molecule has 3 rings (SSSR count). The van der Waals surface area contributed by atoms with Crippen LogP contribution in [0, 0.1) is 5.82 Å². The fourth-order valence-corrected chi connectivity index (χ4v) is 3.07. The number of ether oxygens (including phenoxy) is 1. The van der Waals surface area contributed by atoms with E-state index in [1.165, 1.54) is 35.8 Å². The van der Waals surface area contributed by atoms with Gasteiger partial charge in [0.1, 0.15) is 11.6 Å². The highest BCUT2D eigenvalue weighted by molar-refractivity contribution is 7.07. The van der Waals surface area contributed by atoms with Crippen LogP contribution in [-0.2, 0) is 0 Å². The van der Waals surface area contributed by atoms with Crippen LogP contribution in [0.15, 0.2) is 64.0 Å². The molecule has 0 fully saturated rings. The average molecular weight is 377 g/mol. The number of thiazole rings is 1. The largest absolute Gasteiger partial charge is 0.435 e. The molecular weight excluding hydrogens is 363 g/mol. The molecule has 1 aromatic heterocycles. The molecule has 2 aromatic carbocycles. The van der Waals surface area contributed by atoms with Crippen LogP contribution in [0.5, 0.6) is 5.75 Å². The highest BCUT2D eigenvalue weighted by Gasteiger charge is 2.09. The average Bonchev–Trinajstić information content (AvgIpc) is 3.04. The fourth-order valence-electron chi connectivity index (χ4n) is 2.27. The van der Waals surface area contributed by atoms with E-state index in [4.69, 9.17) is 0 Å². The van der Waals surface area contributed by atoms with Crippen molar-refractivity contribution in [1.29, 1.82) is 0 Å². The Morgan fingerprint density at radius 2 is 1.85 bits per heavy atom. The molecule has 0 N–H and O–H groups in total. The summed E-state index contributed by atoms with van der Waals surface area (Å²) in [6.45, 7) is -2.87. The van der Waals surface area contributed by atoms with E-state index in [1.807, 2.05) is 5.38 Å². The SMILES string of the molecule is CN=c1scc(-c2ccc(OC(F)F)cc2)n1/N=C\c1ccccc1F. The summed E-state index contributed by atoms with van der Waals surface area (Å²) in [4.78, 5) is 4.77. The predicted molar refractivity (Wildman–Crippen MR) is 95.3 cm³/mol. The number of rotatable bonds is 5. The molecule has 3 aromatic rings. The highest BCUT2D eigenvalue weighted by atomic mass is 32.1. The second kappa shape index (κ2) is 8.01. The number of alkyl halides is 2. The summed E-state index contributed by atoms with van der Waals surface area (Å²) in [5.74, 6) is -0.307. The maximum atomic E-state index is 13.8. The quantitative estimate of drug-likeness (QED) is 0.609. The number of hydrogen-bond donors (Lipinski definition) is 0. The Labute approximate surface area is 151 Å². The van der Waals surface area contributed by atoms with Crippen molar-refractivity contribution in [1.82, 2.24) is 4.68 Å². The van der Waals surface area contributed by atoms with Crippen molar-refractivity contribution in [2.24, 2.45) is 10.1 Å². The lowest BCUT2D eigenvalue weighted by atomic mass is 10.2. The van der Waals surface area contributed by atoms with Crippen LogP contribution in [-0.4, -0.2) is 24.5 Å². The maximum Gasteiger partial charge on any atom is 0.387 e. The van der Waals surface area contributed by atoms with E-state index in [0.717, 1.165) is 5.56 Å². The third-order valence-corrected chi connectivity index (χ3v) is 4.38. The molecule has 4 nitrogen and oxygen atoms in total. The van der Waals surface area contributed by atoms with E-state index in [9.17, 15) is 13.2 Å². The molecule has 0 radical (unpaired) electrons. The zero-order valence-electron chi connectivity index (χ0n) is 13.6. The van der Waals surface area contributed by atoms with Crippen LogP contribution < -0.4 is 9.54 Å². The molecule has 0 atom stereocenters. The minimum Gasteiger partial charge on any atom is -0.435 e. The molecule has 134 valence electrons. The molecule has 1 heterocycles. The van der Waals surface area contributed by atoms with Crippen molar-refractivity contribution in [3.05, 3.63) is 70.1 Å². The number of nitrogens with zero attached hydrogens (tertiary/aromatic N) is 3. The normalized spacial score (nSPS) is 12.3. The molecule has 0 saturated carbocycles. The van der Waals surface area contributed by atoms with Crippen molar-refractivity contribution < 1.29 is 17.9 Å². The van der Waals surface area contributed by atoms with Crippen LogP contribution in [0.1, 0.15) is 5.56 Å². The van der Waals surface area contributed by atoms with E-state index >= 15 is 0 Å². The van der Waals surface area contributed by atoms with E-state index in [-0.39, 0.29) is 11.6 Å². The number of benzene rings is 2. The molecule has 0 amide bonds. The second-order valence-electron chi connectivity index (χ2n) is 5.11. The van der Waals surface area contributed by atoms with Gasteiger partial charge >= 0.3 is 6.61 Å². The van der Waals surface area contributed by atoms with Gasteiger partial charge in [0.15, 0.2) is 0 Å². The number of aromatic nitrogens is 1. The minimum absolute atomic E-state index is 0.0702. The Morgan fingerprint density at radius 1 is 1.12 bits per heavy atom. The van der Waals surface area contributed by atoms with Gasteiger partial charge in [0, 0.05) is 23.6 Å². The second-order valence-corrected chi connectivity index (χ2v) is 5.94. The van der Waals surface area contributed by atoms with Gasteiger partial charge in [-0.2, -0.15) is 13.9 Å². The predicted octanol–water partition coefficient (Wildman–Crippen LogP) is 4.37. The summed E-state index contributed by atoms with van der Waals surface area (Å²) in [5, 5.41) is 6.17. The Balaban J connectivity index is 1.97. The Morgan fingerprint density at radius 3 is 2.50 bits per heavy atom. The summed E-state index contributed by atoms with van der Waals surface area (Å²) in [6.07, 6.45) is 1.41. The van der Waals surface area contributed by atoms with Crippen molar-refractivity contribution in [3.63, 3.8) is 0 Å². The number of halogens is 3. The third-order valence-electron chi connectivity index (χ3n) is 3.47. The molecule has 0 unspecified atom stereocenters. The molecule has 0 aliphatic rings. The smallest absolute Gasteiger partial charge is 0.387 e. The standard InChI is InChI=1S/C18H14F3N3OS/c1-22-18-24(23-10-13-4-2-3-5-15(13)19)16(11-26-18)12-6-8-14(9-7-12)25-17(20)21/h2-11,17H,1H3/b22-18?,23-10-. The first-order valence-electron chi connectivity index (χ1n) is 7.56. The zero-order chi connectivity index (χ0) is 18.5. The molecule has 8 heteroatoms. The van der Waals surface area contributed by atoms with Gasteiger partial charge in [0.25, 0.3) is 0 Å². The summed E-state index contributed by atoms with van der Waals surface area (Å²) in [5.41, 5.74) is 1.79. The molecular formula is C18H14F3N3OS. The Kier molecular flexibility index (Phi) is 5.52. The molecule has 0 saturated heterocycles. The van der Waals surface area contributed by atoms with Gasteiger partial charge in [-0.1, -0.05) is 18.2 Å². The van der Waals surface area contributed by atoms with Crippen LogP contribution in [0.4, 0.5) is 13.2 Å². The van der Waals surface area contributed by atoms with Crippen LogP contribution in [0.25, 0.3) is 11.3 Å². The van der Waals surface area contributed by atoms with E-state index < -0.39 is 6.61 Å². The monoisotopic (exact) mass is 377 g/mol. The van der Waals surface area contributed by atoms with Crippen LogP contribution in [0.3, 0.4) is 0 Å². The summed E-state index contributed by atoms with van der Waals surface area (Å²) in [6, 6.07) is 12.5. The lowest BCUT2D eigenvalue weighted by molar-refractivity contribution is -0.0498. The van der Waals surface area contributed by atoms with Crippen molar-refractivity contribution in [2.45, 2.75) is 6.61 Å². The van der Waals surface area contributed by atoms with Crippen molar-refractivity contribution >= 4 is 17.6 Å². The first kappa shape index (κ1) is 17.9. The van der Waals surface area contributed by atoms with Gasteiger partial charge in [0.2, 0.25) is 4.80 Å². The molecule has 0 bridgehead atoms. The lowest BCUT2D eigenvalue weighted by Crippen LogP contribution is -2.11. The van der Waals surface area contributed by atoms with Crippen molar-refractivity contribution in [3.8, 4) is 17.0 Å². The Bertz CT molecular complexity index is 978. The summed E-state index contributed by atoms with van der Waals surface area (Å²) < 4.78 is 44.2. The van der Waals surface area contributed by atoms with E-state index in [0.29, 0.717) is 16.1 Å². The minimum atomic E-state index is -2.87. The molecule has 0 aliphatic heterocycles. The summed E-state index contributed by atoms with van der Waals surface area (Å²) >= 11 is 1.36. The number of hydrogen-bond acceptors (Lipinski definition) is 4. The lowest BCUT2D eigenvalue weighted by Gasteiger charge is -2.06. The third kappa shape index (κ3) is 4.02. The van der Waals surface area contributed by atoms with E-state index in [2.05, 4.69) is 14.8 Å². The molecule has 26 heavy (non-hydrogen) atoms. The first-order chi connectivity index (χ1) is 12.6. The molecule has 0 spiro atoms. The van der Waals surface area contributed by atoms with Gasteiger partial charge < -0.3 is 4.74 Å².